The fourth-order valence-electron chi connectivity index (χ4n) is 3.38. The zero-order valence-corrected chi connectivity index (χ0v) is 19.6. The average molecular weight is 539 g/mol. The minimum atomic E-state index is -0.528. The lowest BCUT2D eigenvalue weighted by atomic mass is 9.95. The van der Waals surface area contributed by atoms with Crippen LogP contribution >= 0.6 is 34.2 Å². The lowest BCUT2D eigenvalue weighted by molar-refractivity contribution is 0.00794. The summed E-state index contributed by atoms with van der Waals surface area (Å²) in [6, 6.07) is 7.00. The number of nitrogens with zero attached hydrogens (tertiary/aromatic N) is 4. The van der Waals surface area contributed by atoms with Crippen LogP contribution in [0.4, 0.5) is 4.79 Å². The van der Waals surface area contributed by atoms with Gasteiger partial charge in [0.2, 0.25) is 0 Å². The van der Waals surface area contributed by atoms with Gasteiger partial charge in [0.05, 0.1) is 21.8 Å². The van der Waals surface area contributed by atoms with Crippen molar-refractivity contribution in [2.24, 2.45) is 0 Å². The molecule has 7 nitrogen and oxygen atoms in total. The minimum Gasteiger partial charge on any atom is -0.444 e. The summed E-state index contributed by atoms with van der Waals surface area (Å²) in [5, 5.41) is 6.19. The second-order valence-electron chi connectivity index (χ2n) is 8.20. The van der Waals surface area contributed by atoms with E-state index in [1.807, 2.05) is 26.8 Å². The lowest BCUT2D eigenvalue weighted by Crippen LogP contribution is -2.50. The summed E-state index contributed by atoms with van der Waals surface area (Å²) in [5.74, 6) is 0.0759. The molecule has 1 aromatic carbocycles. The molecule has 0 spiro atoms. The number of ether oxygens (including phenoxy) is 1. The number of carbonyl (C=O) groups is 2. The summed E-state index contributed by atoms with van der Waals surface area (Å²) in [4.78, 5) is 29.5. The third-order valence-corrected chi connectivity index (χ3v) is 6.00. The molecule has 4 rings (SSSR count). The van der Waals surface area contributed by atoms with Crippen LogP contribution in [-0.4, -0.2) is 50.7 Å². The van der Waals surface area contributed by atoms with Crippen molar-refractivity contribution >= 4 is 57.6 Å². The molecule has 30 heavy (non-hydrogen) atoms. The van der Waals surface area contributed by atoms with Crippen molar-refractivity contribution in [3.8, 4) is 5.69 Å². The molecular formula is C21H20ClIN4O3. The van der Waals surface area contributed by atoms with Crippen molar-refractivity contribution in [2.45, 2.75) is 32.3 Å². The van der Waals surface area contributed by atoms with Gasteiger partial charge in [-0.15, -0.1) is 0 Å². The molecule has 1 amide bonds. The second-order valence-corrected chi connectivity index (χ2v) is 9.77. The van der Waals surface area contributed by atoms with Gasteiger partial charge in [-0.2, -0.15) is 5.10 Å². The number of aromatic nitrogens is 3. The molecule has 1 aliphatic heterocycles. The van der Waals surface area contributed by atoms with E-state index in [2.05, 4.69) is 27.6 Å². The number of carbonyl (C=O) groups excluding carboxylic acids is 2. The molecule has 0 bridgehead atoms. The third-order valence-electron chi connectivity index (χ3n) is 4.80. The monoisotopic (exact) mass is 538 g/mol. The fraction of sp³-hybridized carbons (Fsp3) is 0.333. The van der Waals surface area contributed by atoms with E-state index in [0.29, 0.717) is 35.0 Å². The molecule has 0 radical (unpaired) electrons. The Balaban J connectivity index is 1.69. The Morgan fingerprint density at radius 2 is 2.03 bits per heavy atom. The number of rotatable bonds is 3. The van der Waals surface area contributed by atoms with Gasteiger partial charge in [-0.3, -0.25) is 4.79 Å². The van der Waals surface area contributed by atoms with Gasteiger partial charge in [-0.25, -0.2) is 14.5 Å². The van der Waals surface area contributed by atoms with Gasteiger partial charge in [0.15, 0.2) is 5.65 Å². The summed E-state index contributed by atoms with van der Waals surface area (Å²) in [6.07, 6.45) is 2.17. The number of halogens is 2. The number of hydrogen-bond donors (Lipinski definition) is 0. The minimum absolute atomic E-state index is 0.0759. The largest absolute Gasteiger partial charge is 0.444 e. The zero-order valence-electron chi connectivity index (χ0n) is 16.7. The van der Waals surface area contributed by atoms with Gasteiger partial charge in [-0.1, -0.05) is 11.6 Å². The maximum Gasteiger partial charge on any atom is 0.410 e. The van der Waals surface area contributed by atoms with Crippen LogP contribution in [0.2, 0.25) is 5.02 Å². The lowest BCUT2D eigenvalue weighted by Gasteiger charge is -2.39. The second kappa shape index (κ2) is 7.81. The van der Waals surface area contributed by atoms with E-state index >= 15 is 0 Å². The number of aldehydes is 1. The van der Waals surface area contributed by atoms with Crippen molar-refractivity contribution in [3.63, 3.8) is 0 Å². The van der Waals surface area contributed by atoms with E-state index in [0.717, 1.165) is 20.9 Å². The van der Waals surface area contributed by atoms with Crippen LogP contribution in [-0.2, 0) is 4.74 Å². The van der Waals surface area contributed by atoms with E-state index in [1.54, 1.807) is 34.0 Å². The fourth-order valence-corrected chi connectivity index (χ4v) is 4.33. The van der Waals surface area contributed by atoms with Gasteiger partial charge >= 0.3 is 6.09 Å². The maximum absolute atomic E-state index is 12.3. The Hall–Kier alpha value is -2.20. The molecule has 0 saturated carbocycles. The van der Waals surface area contributed by atoms with E-state index in [1.165, 1.54) is 0 Å². The Morgan fingerprint density at radius 1 is 1.30 bits per heavy atom. The van der Waals surface area contributed by atoms with Crippen molar-refractivity contribution in [1.29, 1.82) is 0 Å². The number of hydrogen-bond acceptors (Lipinski definition) is 5. The SMILES string of the molecule is CC(C)(C)OC(=O)N1CC(c2nn(-c3ccc(C=O)cc3Cl)c3nccc(I)c23)C1. The molecule has 3 heterocycles. The topological polar surface area (TPSA) is 77.3 Å². The predicted molar refractivity (Wildman–Crippen MR) is 123 cm³/mol. The Bertz CT molecular complexity index is 1150. The number of benzene rings is 1. The molecule has 156 valence electrons. The van der Waals surface area contributed by atoms with Crippen LogP contribution in [0.5, 0.6) is 0 Å². The first-order valence-electron chi connectivity index (χ1n) is 9.44. The molecule has 0 unspecified atom stereocenters. The van der Waals surface area contributed by atoms with E-state index < -0.39 is 5.60 Å². The third kappa shape index (κ3) is 3.90. The molecule has 0 N–H and O–H groups in total. The highest BCUT2D eigenvalue weighted by Gasteiger charge is 2.37. The van der Waals surface area contributed by atoms with Gasteiger partial charge < -0.3 is 9.64 Å². The molecule has 1 saturated heterocycles. The maximum atomic E-state index is 12.3. The van der Waals surface area contributed by atoms with Crippen molar-refractivity contribution in [1.82, 2.24) is 19.7 Å². The quantitative estimate of drug-likeness (QED) is 0.353. The first kappa shape index (κ1) is 21.0. The van der Waals surface area contributed by atoms with Crippen LogP contribution in [0, 0.1) is 3.57 Å². The van der Waals surface area contributed by atoms with Crippen LogP contribution < -0.4 is 0 Å². The predicted octanol–water partition coefficient (Wildman–Crippen LogP) is 4.83. The molecule has 1 fully saturated rings. The van der Waals surface area contributed by atoms with Crippen LogP contribution in [0.25, 0.3) is 16.7 Å². The highest BCUT2D eigenvalue weighted by molar-refractivity contribution is 14.1. The van der Waals surface area contributed by atoms with Crippen molar-refractivity contribution in [3.05, 3.63) is 50.3 Å². The highest BCUT2D eigenvalue weighted by Crippen LogP contribution is 2.36. The molecule has 1 aliphatic rings. The number of amides is 1. The summed E-state index contributed by atoms with van der Waals surface area (Å²) in [7, 11) is 0. The molecular weight excluding hydrogens is 519 g/mol. The average Bonchev–Trinajstić information content (AvgIpc) is 2.99. The summed E-state index contributed by atoms with van der Waals surface area (Å²) in [5.41, 5.74) is 2.18. The van der Waals surface area contributed by atoms with E-state index in [4.69, 9.17) is 21.4 Å². The molecule has 0 atom stereocenters. The van der Waals surface area contributed by atoms with Gasteiger partial charge in [0, 0.05) is 34.3 Å². The zero-order chi connectivity index (χ0) is 21.6. The van der Waals surface area contributed by atoms with E-state index in [9.17, 15) is 9.59 Å². The highest BCUT2D eigenvalue weighted by atomic mass is 127. The normalized spacial score (nSPS) is 14.6. The smallest absolute Gasteiger partial charge is 0.410 e. The van der Waals surface area contributed by atoms with Crippen LogP contribution in [0.15, 0.2) is 30.5 Å². The molecule has 0 aliphatic carbocycles. The molecule has 2 aromatic heterocycles. The van der Waals surface area contributed by atoms with Gasteiger partial charge in [0.25, 0.3) is 0 Å². The Labute approximate surface area is 192 Å². The Kier molecular flexibility index (Phi) is 5.48. The van der Waals surface area contributed by atoms with Gasteiger partial charge in [-0.05, 0) is 67.6 Å². The molecule has 9 heteroatoms. The van der Waals surface area contributed by atoms with Crippen molar-refractivity contribution < 1.29 is 14.3 Å². The van der Waals surface area contributed by atoms with Gasteiger partial charge in [0.1, 0.15) is 11.9 Å². The summed E-state index contributed by atoms with van der Waals surface area (Å²) >= 11 is 8.70. The number of pyridine rings is 1. The first-order chi connectivity index (χ1) is 14.2. The molecule has 3 aromatic rings. The summed E-state index contributed by atoms with van der Waals surface area (Å²) < 4.78 is 8.18. The number of fused-ring (bicyclic) bond motifs is 1. The van der Waals surface area contributed by atoms with Crippen LogP contribution in [0.3, 0.4) is 0 Å². The summed E-state index contributed by atoms with van der Waals surface area (Å²) in [6.45, 7) is 6.62. The standard InChI is InChI=1S/C21H20ClIN4O3/c1-21(2,3)30-20(29)26-9-13(10-26)18-17-15(23)6-7-24-19(17)27(25-18)16-5-4-12(11-28)8-14(16)22/h4-8,11,13H,9-10H2,1-3H3. The van der Waals surface area contributed by atoms with Crippen molar-refractivity contribution in [2.75, 3.05) is 13.1 Å². The Morgan fingerprint density at radius 3 is 2.67 bits per heavy atom. The first-order valence-corrected chi connectivity index (χ1v) is 10.9. The van der Waals surface area contributed by atoms with Crippen LogP contribution in [0.1, 0.15) is 42.7 Å². The number of likely N-dealkylation sites (tertiary alicyclic amines) is 1. The van der Waals surface area contributed by atoms with E-state index in [-0.39, 0.29) is 12.0 Å².